The van der Waals surface area contributed by atoms with Gasteiger partial charge in [0.2, 0.25) is 0 Å². The summed E-state index contributed by atoms with van der Waals surface area (Å²) in [5.74, 6) is 6.11. The first kappa shape index (κ1) is 13.9. The van der Waals surface area contributed by atoms with Crippen LogP contribution in [-0.4, -0.2) is 7.11 Å². The van der Waals surface area contributed by atoms with Crippen LogP contribution in [0.15, 0.2) is 18.2 Å². The molecule has 1 unspecified atom stereocenters. The molecule has 0 heterocycles. The van der Waals surface area contributed by atoms with Crippen molar-refractivity contribution >= 4 is 0 Å². The van der Waals surface area contributed by atoms with Gasteiger partial charge in [0, 0.05) is 11.6 Å². The van der Waals surface area contributed by atoms with E-state index in [0.717, 1.165) is 12.8 Å². The van der Waals surface area contributed by atoms with Gasteiger partial charge in [0.1, 0.15) is 11.6 Å². The van der Waals surface area contributed by atoms with Crippen molar-refractivity contribution in [2.45, 2.75) is 32.7 Å². The SMILES string of the molecule is CCC(CC)C(NN)c1ccc(OC)cc1F. The Bertz CT molecular complexity index is 353. The van der Waals surface area contributed by atoms with E-state index in [1.54, 1.807) is 12.1 Å². The van der Waals surface area contributed by atoms with Gasteiger partial charge >= 0.3 is 0 Å². The minimum absolute atomic E-state index is 0.157. The molecule has 0 amide bonds. The monoisotopic (exact) mass is 240 g/mol. The van der Waals surface area contributed by atoms with E-state index in [9.17, 15) is 4.39 Å². The first-order chi connectivity index (χ1) is 8.17. The van der Waals surface area contributed by atoms with Crippen molar-refractivity contribution in [1.29, 1.82) is 0 Å². The molecule has 0 saturated carbocycles. The van der Waals surface area contributed by atoms with Gasteiger partial charge < -0.3 is 4.74 Å². The molecule has 0 aliphatic carbocycles. The van der Waals surface area contributed by atoms with E-state index in [-0.39, 0.29) is 11.9 Å². The molecule has 1 aromatic rings. The Morgan fingerprint density at radius 2 is 2.00 bits per heavy atom. The van der Waals surface area contributed by atoms with E-state index < -0.39 is 0 Å². The number of nitrogens with one attached hydrogen (secondary N) is 1. The van der Waals surface area contributed by atoms with Crippen molar-refractivity contribution in [3.05, 3.63) is 29.6 Å². The number of ether oxygens (including phenoxy) is 1. The molecule has 17 heavy (non-hydrogen) atoms. The molecule has 3 nitrogen and oxygen atoms in total. The lowest BCUT2D eigenvalue weighted by Crippen LogP contribution is -2.33. The number of rotatable bonds is 6. The molecule has 0 aliphatic heterocycles. The number of nitrogens with two attached hydrogens (primary N) is 1. The van der Waals surface area contributed by atoms with Crippen LogP contribution in [0.25, 0.3) is 0 Å². The van der Waals surface area contributed by atoms with Crippen LogP contribution >= 0.6 is 0 Å². The van der Waals surface area contributed by atoms with E-state index in [1.165, 1.54) is 13.2 Å². The van der Waals surface area contributed by atoms with Gasteiger partial charge in [-0.3, -0.25) is 11.3 Å². The Morgan fingerprint density at radius 1 is 1.35 bits per heavy atom. The quantitative estimate of drug-likeness (QED) is 0.593. The summed E-state index contributed by atoms with van der Waals surface area (Å²) in [7, 11) is 1.52. The zero-order valence-electron chi connectivity index (χ0n) is 10.7. The first-order valence-electron chi connectivity index (χ1n) is 5.97. The number of hydrazine groups is 1. The van der Waals surface area contributed by atoms with Gasteiger partial charge in [-0.2, -0.15) is 0 Å². The maximum atomic E-state index is 13.9. The molecule has 1 rings (SSSR count). The molecule has 0 radical (unpaired) electrons. The Hall–Kier alpha value is -1.13. The fourth-order valence-corrected chi connectivity index (χ4v) is 2.13. The van der Waals surface area contributed by atoms with Crippen LogP contribution in [0.5, 0.6) is 5.75 Å². The second kappa shape index (κ2) is 6.57. The van der Waals surface area contributed by atoms with Gasteiger partial charge in [0.05, 0.1) is 13.2 Å². The lowest BCUT2D eigenvalue weighted by Gasteiger charge is -2.25. The smallest absolute Gasteiger partial charge is 0.131 e. The van der Waals surface area contributed by atoms with E-state index in [0.29, 0.717) is 17.2 Å². The average Bonchev–Trinajstić information content (AvgIpc) is 2.36. The van der Waals surface area contributed by atoms with E-state index in [4.69, 9.17) is 10.6 Å². The molecule has 0 fully saturated rings. The summed E-state index contributed by atoms with van der Waals surface area (Å²) in [5.41, 5.74) is 3.32. The third-order valence-corrected chi connectivity index (χ3v) is 3.24. The normalized spacial score (nSPS) is 12.8. The highest BCUT2D eigenvalue weighted by atomic mass is 19.1. The van der Waals surface area contributed by atoms with Crippen molar-refractivity contribution in [3.63, 3.8) is 0 Å². The molecule has 0 aromatic heterocycles. The van der Waals surface area contributed by atoms with Crippen molar-refractivity contribution in [3.8, 4) is 5.75 Å². The summed E-state index contributed by atoms with van der Waals surface area (Å²) in [4.78, 5) is 0. The van der Waals surface area contributed by atoms with E-state index in [2.05, 4.69) is 19.3 Å². The van der Waals surface area contributed by atoms with Crippen molar-refractivity contribution in [2.24, 2.45) is 11.8 Å². The van der Waals surface area contributed by atoms with Crippen molar-refractivity contribution in [1.82, 2.24) is 5.43 Å². The molecule has 0 saturated heterocycles. The highest BCUT2D eigenvalue weighted by molar-refractivity contribution is 5.31. The van der Waals surface area contributed by atoms with Crippen LogP contribution in [0, 0.1) is 11.7 Å². The molecule has 96 valence electrons. The summed E-state index contributed by atoms with van der Waals surface area (Å²) in [6.45, 7) is 4.17. The van der Waals surface area contributed by atoms with Crippen LogP contribution < -0.4 is 16.0 Å². The zero-order valence-corrected chi connectivity index (χ0v) is 10.7. The predicted molar refractivity (Wildman–Crippen MR) is 67.1 cm³/mol. The summed E-state index contributed by atoms with van der Waals surface area (Å²) in [6.07, 6.45) is 1.91. The molecule has 4 heteroatoms. The molecule has 3 N–H and O–H groups in total. The Kier molecular flexibility index (Phi) is 5.38. The Labute approximate surface area is 102 Å². The van der Waals surface area contributed by atoms with Crippen LogP contribution in [0.2, 0.25) is 0 Å². The Balaban J connectivity index is 3.03. The second-order valence-corrected chi connectivity index (χ2v) is 4.11. The largest absolute Gasteiger partial charge is 0.497 e. The lowest BCUT2D eigenvalue weighted by molar-refractivity contribution is 0.335. The predicted octanol–water partition coefficient (Wildman–Crippen LogP) is 2.77. The van der Waals surface area contributed by atoms with Gasteiger partial charge in [-0.25, -0.2) is 4.39 Å². The second-order valence-electron chi connectivity index (χ2n) is 4.11. The van der Waals surface area contributed by atoms with Crippen LogP contribution in [0.4, 0.5) is 4.39 Å². The maximum absolute atomic E-state index is 13.9. The van der Waals surface area contributed by atoms with Gasteiger partial charge in [-0.1, -0.05) is 32.8 Å². The third kappa shape index (κ3) is 3.17. The minimum Gasteiger partial charge on any atom is -0.497 e. The van der Waals surface area contributed by atoms with Crippen LogP contribution in [-0.2, 0) is 0 Å². The standard InChI is InChI=1S/C13H21FN2O/c1-4-9(5-2)13(16-15)11-7-6-10(17-3)8-12(11)14/h6-9,13,16H,4-5,15H2,1-3H3. The zero-order chi connectivity index (χ0) is 12.8. The van der Waals surface area contributed by atoms with E-state index in [1.807, 2.05) is 0 Å². The number of hydrogen-bond donors (Lipinski definition) is 2. The summed E-state index contributed by atoms with van der Waals surface area (Å²) in [5, 5.41) is 0. The van der Waals surface area contributed by atoms with Crippen molar-refractivity contribution < 1.29 is 9.13 Å². The number of halogens is 1. The van der Waals surface area contributed by atoms with Gasteiger partial charge in [0.15, 0.2) is 0 Å². The summed E-state index contributed by atoms with van der Waals surface area (Å²) >= 11 is 0. The van der Waals surface area contributed by atoms with Gasteiger partial charge in [-0.05, 0) is 12.0 Å². The molecule has 1 aromatic carbocycles. The van der Waals surface area contributed by atoms with Crippen molar-refractivity contribution in [2.75, 3.05) is 7.11 Å². The number of benzene rings is 1. The number of methoxy groups -OCH3 is 1. The topological polar surface area (TPSA) is 47.3 Å². The molecular formula is C13H21FN2O. The first-order valence-corrected chi connectivity index (χ1v) is 5.97. The minimum atomic E-state index is -0.279. The molecule has 0 aliphatic rings. The fraction of sp³-hybridized carbons (Fsp3) is 0.538. The highest BCUT2D eigenvalue weighted by Gasteiger charge is 2.22. The maximum Gasteiger partial charge on any atom is 0.131 e. The highest BCUT2D eigenvalue weighted by Crippen LogP contribution is 2.30. The van der Waals surface area contributed by atoms with Crippen LogP contribution in [0.1, 0.15) is 38.3 Å². The average molecular weight is 240 g/mol. The summed E-state index contributed by atoms with van der Waals surface area (Å²) in [6, 6.07) is 4.72. The van der Waals surface area contributed by atoms with E-state index >= 15 is 0 Å². The lowest BCUT2D eigenvalue weighted by atomic mass is 9.89. The molecule has 1 atom stereocenters. The molecular weight excluding hydrogens is 219 g/mol. The van der Waals surface area contributed by atoms with Gasteiger partial charge in [-0.15, -0.1) is 0 Å². The van der Waals surface area contributed by atoms with Gasteiger partial charge in [0.25, 0.3) is 0 Å². The Morgan fingerprint density at radius 3 is 2.41 bits per heavy atom. The summed E-state index contributed by atoms with van der Waals surface area (Å²) < 4.78 is 18.9. The fourth-order valence-electron chi connectivity index (χ4n) is 2.13. The van der Waals surface area contributed by atoms with Crippen LogP contribution in [0.3, 0.4) is 0 Å². The third-order valence-electron chi connectivity index (χ3n) is 3.24. The number of hydrogen-bond acceptors (Lipinski definition) is 3. The molecule has 0 spiro atoms. The molecule has 0 bridgehead atoms.